The molecule has 1 heterocycles. The Labute approximate surface area is 116 Å². The van der Waals surface area contributed by atoms with Crippen molar-refractivity contribution in [2.45, 2.75) is 40.2 Å². The smallest absolute Gasteiger partial charge is 0.326 e. The fourth-order valence-corrected chi connectivity index (χ4v) is 1.80. The molecule has 1 amide bonds. The summed E-state index contributed by atoms with van der Waals surface area (Å²) in [5, 5.41) is 17.5. The number of rotatable bonds is 5. The van der Waals surface area contributed by atoms with Gasteiger partial charge in [0.25, 0.3) is 11.5 Å². The summed E-state index contributed by atoms with van der Waals surface area (Å²) in [5.74, 6) is -2.05. The predicted molar refractivity (Wildman–Crippen MR) is 72.7 cm³/mol. The van der Waals surface area contributed by atoms with Gasteiger partial charge in [0.2, 0.25) is 0 Å². The van der Waals surface area contributed by atoms with Gasteiger partial charge in [0.15, 0.2) is 0 Å². The van der Waals surface area contributed by atoms with E-state index in [1.54, 1.807) is 20.8 Å². The van der Waals surface area contributed by atoms with Gasteiger partial charge in [0.05, 0.1) is 5.69 Å². The molecule has 0 aliphatic rings. The van der Waals surface area contributed by atoms with E-state index in [0.717, 1.165) is 0 Å². The molecule has 0 saturated heterocycles. The van der Waals surface area contributed by atoms with E-state index in [1.165, 1.54) is 0 Å². The van der Waals surface area contributed by atoms with E-state index in [4.69, 9.17) is 5.11 Å². The van der Waals surface area contributed by atoms with E-state index in [2.05, 4.69) is 15.5 Å². The van der Waals surface area contributed by atoms with E-state index in [1.807, 2.05) is 6.92 Å². The Morgan fingerprint density at radius 3 is 2.50 bits per heavy atom. The largest absolute Gasteiger partial charge is 0.480 e. The van der Waals surface area contributed by atoms with Crippen LogP contribution in [0.15, 0.2) is 4.79 Å². The van der Waals surface area contributed by atoms with Crippen molar-refractivity contribution in [2.75, 3.05) is 0 Å². The average Bonchev–Trinajstić information content (AvgIpc) is 2.39. The number of carbonyl (C=O) groups is 2. The van der Waals surface area contributed by atoms with Crippen molar-refractivity contribution in [3.8, 4) is 0 Å². The zero-order valence-corrected chi connectivity index (χ0v) is 12.0. The summed E-state index contributed by atoms with van der Waals surface area (Å²) < 4.78 is 0. The molecule has 0 spiro atoms. The molecule has 0 aromatic carbocycles. The first kappa shape index (κ1) is 15.9. The molecule has 0 aliphatic heterocycles. The van der Waals surface area contributed by atoms with Crippen LogP contribution in [0.25, 0.3) is 0 Å². The molecule has 0 unspecified atom stereocenters. The Morgan fingerprint density at radius 2 is 2.00 bits per heavy atom. The van der Waals surface area contributed by atoms with Gasteiger partial charge in [0, 0.05) is 0 Å². The molecule has 7 nitrogen and oxygen atoms in total. The molecule has 3 N–H and O–H groups in total. The van der Waals surface area contributed by atoms with Gasteiger partial charge in [-0.25, -0.2) is 9.89 Å². The second kappa shape index (κ2) is 6.31. The first-order valence-corrected chi connectivity index (χ1v) is 6.39. The van der Waals surface area contributed by atoms with E-state index >= 15 is 0 Å². The van der Waals surface area contributed by atoms with Gasteiger partial charge in [-0.15, -0.1) is 0 Å². The highest BCUT2D eigenvalue weighted by Crippen LogP contribution is 2.10. The molecule has 2 atom stereocenters. The zero-order valence-electron chi connectivity index (χ0n) is 12.0. The van der Waals surface area contributed by atoms with E-state index in [0.29, 0.717) is 17.7 Å². The second-order valence-corrected chi connectivity index (χ2v) is 4.81. The van der Waals surface area contributed by atoms with Crippen LogP contribution in [-0.4, -0.2) is 33.2 Å². The number of nitrogens with one attached hydrogen (secondary N) is 2. The van der Waals surface area contributed by atoms with Gasteiger partial charge in [-0.1, -0.05) is 20.3 Å². The lowest BCUT2D eigenvalue weighted by Crippen LogP contribution is -2.46. The lowest BCUT2D eigenvalue weighted by atomic mass is 9.98. The van der Waals surface area contributed by atoms with Crippen LogP contribution < -0.4 is 10.9 Å². The monoisotopic (exact) mass is 281 g/mol. The second-order valence-electron chi connectivity index (χ2n) is 4.81. The standard InChI is InChI=1S/C13H19N3O4/c1-5-6(2)10(13(19)20)14-11(17)9-7(3)8(4)15-16-12(9)18/h6,10H,5H2,1-4H3,(H,14,17)(H,16,18)(H,19,20)/t6-,10-/m0/s1. The number of aromatic nitrogens is 2. The highest BCUT2D eigenvalue weighted by atomic mass is 16.4. The van der Waals surface area contributed by atoms with Gasteiger partial charge >= 0.3 is 5.97 Å². The maximum Gasteiger partial charge on any atom is 0.326 e. The van der Waals surface area contributed by atoms with Gasteiger partial charge < -0.3 is 10.4 Å². The van der Waals surface area contributed by atoms with E-state index < -0.39 is 23.5 Å². The lowest BCUT2D eigenvalue weighted by molar-refractivity contribution is -0.140. The SMILES string of the molecule is CC[C@H](C)[C@H](NC(=O)c1c(C)c(C)n[nH]c1=O)C(=O)O. The maximum atomic E-state index is 12.2. The van der Waals surface area contributed by atoms with Crippen molar-refractivity contribution in [3.05, 3.63) is 27.2 Å². The summed E-state index contributed by atoms with van der Waals surface area (Å²) in [6, 6.07) is -1.03. The molecular weight excluding hydrogens is 262 g/mol. The number of aryl methyl sites for hydroxylation is 1. The summed E-state index contributed by atoms with van der Waals surface area (Å²) >= 11 is 0. The topological polar surface area (TPSA) is 112 Å². The third kappa shape index (κ3) is 3.23. The van der Waals surface area contributed by atoms with Crippen LogP contribution in [0.3, 0.4) is 0 Å². The summed E-state index contributed by atoms with van der Waals surface area (Å²) in [5.41, 5.74) is 0.246. The highest BCUT2D eigenvalue weighted by molar-refractivity contribution is 5.97. The number of amides is 1. The molecule has 20 heavy (non-hydrogen) atoms. The number of carboxylic acids is 1. The molecule has 7 heteroatoms. The van der Waals surface area contributed by atoms with Crippen molar-refractivity contribution in [3.63, 3.8) is 0 Å². The van der Waals surface area contributed by atoms with Crippen LogP contribution in [0.2, 0.25) is 0 Å². The quantitative estimate of drug-likeness (QED) is 0.732. The maximum absolute atomic E-state index is 12.2. The van der Waals surface area contributed by atoms with E-state index in [9.17, 15) is 14.4 Å². The fraction of sp³-hybridized carbons (Fsp3) is 0.538. The van der Waals surface area contributed by atoms with Crippen LogP contribution in [0.1, 0.15) is 41.9 Å². The minimum absolute atomic E-state index is 0.0907. The number of carbonyl (C=O) groups excluding carboxylic acids is 1. The summed E-state index contributed by atoms with van der Waals surface area (Å²) in [7, 11) is 0. The zero-order chi connectivity index (χ0) is 15.4. The van der Waals surface area contributed by atoms with Crippen molar-refractivity contribution >= 4 is 11.9 Å². The van der Waals surface area contributed by atoms with Gasteiger partial charge in [-0.3, -0.25) is 9.59 Å². The van der Waals surface area contributed by atoms with Crippen LogP contribution in [-0.2, 0) is 4.79 Å². The summed E-state index contributed by atoms with van der Waals surface area (Å²) in [6.45, 7) is 6.83. The Kier molecular flexibility index (Phi) is 5.01. The molecule has 0 saturated carbocycles. The Hall–Kier alpha value is -2.18. The first-order chi connectivity index (χ1) is 9.29. The van der Waals surface area contributed by atoms with Crippen molar-refractivity contribution in [1.82, 2.24) is 15.5 Å². The van der Waals surface area contributed by atoms with Crippen LogP contribution in [0.5, 0.6) is 0 Å². The van der Waals surface area contributed by atoms with Gasteiger partial charge in [-0.05, 0) is 25.3 Å². The van der Waals surface area contributed by atoms with Crippen molar-refractivity contribution in [1.29, 1.82) is 0 Å². The number of aromatic amines is 1. The minimum atomic E-state index is -1.12. The normalized spacial score (nSPS) is 13.6. The molecule has 110 valence electrons. The molecule has 1 aromatic rings. The van der Waals surface area contributed by atoms with Crippen LogP contribution in [0, 0.1) is 19.8 Å². The molecule has 1 aromatic heterocycles. The Morgan fingerprint density at radius 1 is 1.40 bits per heavy atom. The fourth-order valence-electron chi connectivity index (χ4n) is 1.80. The number of hydrogen-bond acceptors (Lipinski definition) is 4. The summed E-state index contributed by atoms with van der Waals surface area (Å²) in [4.78, 5) is 35.0. The van der Waals surface area contributed by atoms with Crippen molar-refractivity contribution < 1.29 is 14.7 Å². The Balaban J connectivity index is 3.10. The van der Waals surface area contributed by atoms with Crippen LogP contribution >= 0.6 is 0 Å². The number of carboxylic acid groups (broad SMARTS) is 1. The molecule has 1 rings (SSSR count). The molecule has 0 bridgehead atoms. The average molecular weight is 281 g/mol. The minimum Gasteiger partial charge on any atom is -0.480 e. The number of nitrogens with zero attached hydrogens (tertiary/aromatic N) is 1. The van der Waals surface area contributed by atoms with Gasteiger partial charge in [-0.2, -0.15) is 5.10 Å². The molecular formula is C13H19N3O4. The molecule has 0 fully saturated rings. The third-order valence-corrected chi connectivity index (χ3v) is 3.46. The van der Waals surface area contributed by atoms with E-state index in [-0.39, 0.29) is 11.5 Å². The van der Waals surface area contributed by atoms with Crippen LogP contribution in [0.4, 0.5) is 0 Å². The number of aliphatic carboxylic acids is 1. The van der Waals surface area contributed by atoms with Crippen molar-refractivity contribution in [2.24, 2.45) is 5.92 Å². The number of hydrogen-bond donors (Lipinski definition) is 3. The molecule has 0 aliphatic carbocycles. The molecule has 0 radical (unpaired) electrons. The van der Waals surface area contributed by atoms with Gasteiger partial charge in [0.1, 0.15) is 11.6 Å². The summed E-state index contributed by atoms with van der Waals surface area (Å²) in [6.07, 6.45) is 0.599. The highest BCUT2D eigenvalue weighted by Gasteiger charge is 2.27. The number of H-pyrrole nitrogens is 1. The first-order valence-electron chi connectivity index (χ1n) is 6.39. The lowest BCUT2D eigenvalue weighted by Gasteiger charge is -2.20. The predicted octanol–water partition coefficient (Wildman–Crippen LogP) is 0.616. The third-order valence-electron chi connectivity index (χ3n) is 3.46. The Bertz CT molecular complexity index is 579.